The fraction of sp³-hybridized carbons (Fsp3) is 0.444. The van der Waals surface area contributed by atoms with Crippen LogP contribution in [0.3, 0.4) is 0 Å². The fourth-order valence-corrected chi connectivity index (χ4v) is 2.25. The maximum Gasteiger partial charge on any atom is 0.134 e. The molecule has 0 aliphatic rings. The molecule has 14 heavy (non-hydrogen) atoms. The first-order valence-corrected chi connectivity index (χ1v) is 6.02. The number of thioether (sulfide) groups is 1. The normalized spacial score (nSPS) is 10.5. The molecule has 0 atom stereocenters. The second-order valence-electron chi connectivity index (χ2n) is 2.63. The maximum atomic E-state index is 5.90. The summed E-state index contributed by atoms with van der Waals surface area (Å²) in [6.07, 6.45) is 0. The third-order valence-electron chi connectivity index (χ3n) is 1.58. The number of ether oxygens (including phenoxy) is 1. The van der Waals surface area contributed by atoms with E-state index in [1.807, 2.05) is 6.07 Å². The van der Waals surface area contributed by atoms with Gasteiger partial charge in [-0.2, -0.15) is 11.8 Å². The molecule has 1 rings (SSSR count). The summed E-state index contributed by atoms with van der Waals surface area (Å²) in [5.74, 6) is 1.79. The first-order chi connectivity index (χ1) is 6.74. The lowest BCUT2D eigenvalue weighted by Crippen LogP contribution is -1.93. The summed E-state index contributed by atoms with van der Waals surface area (Å²) < 4.78 is 4.94. The Morgan fingerprint density at radius 3 is 2.86 bits per heavy atom. The molecule has 1 aromatic heterocycles. The van der Waals surface area contributed by atoms with Crippen LogP contribution in [-0.4, -0.2) is 24.5 Å². The SMILES string of the molecule is COCCSCc1ccc(Cl)nc1Cl. The summed E-state index contributed by atoms with van der Waals surface area (Å²) in [7, 11) is 1.69. The van der Waals surface area contributed by atoms with Crippen LogP contribution in [0.2, 0.25) is 10.3 Å². The summed E-state index contributed by atoms with van der Waals surface area (Å²) in [4.78, 5) is 3.96. The van der Waals surface area contributed by atoms with Crippen LogP contribution in [0.25, 0.3) is 0 Å². The van der Waals surface area contributed by atoms with Gasteiger partial charge in [0.1, 0.15) is 10.3 Å². The first kappa shape index (κ1) is 12.1. The van der Waals surface area contributed by atoms with Crippen molar-refractivity contribution >= 4 is 35.0 Å². The van der Waals surface area contributed by atoms with Gasteiger partial charge in [-0.1, -0.05) is 29.3 Å². The molecule has 1 aromatic rings. The topological polar surface area (TPSA) is 22.1 Å². The molecule has 0 aromatic carbocycles. The highest BCUT2D eigenvalue weighted by Crippen LogP contribution is 2.21. The second kappa shape index (κ2) is 6.51. The predicted octanol–water partition coefficient (Wildman–Crippen LogP) is 3.27. The summed E-state index contributed by atoms with van der Waals surface area (Å²) in [5.41, 5.74) is 1.01. The average Bonchev–Trinajstić information content (AvgIpc) is 2.15. The Bertz CT molecular complexity index is 296. The van der Waals surface area contributed by atoms with Gasteiger partial charge in [0, 0.05) is 18.6 Å². The Morgan fingerprint density at radius 2 is 2.21 bits per heavy atom. The predicted molar refractivity (Wildman–Crippen MR) is 62.3 cm³/mol. The highest BCUT2D eigenvalue weighted by atomic mass is 35.5. The number of rotatable bonds is 5. The van der Waals surface area contributed by atoms with Crippen molar-refractivity contribution in [1.29, 1.82) is 0 Å². The molecule has 0 spiro atoms. The number of nitrogens with zero attached hydrogens (tertiary/aromatic N) is 1. The Morgan fingerprint density at radius 1 is 1.43 bits per heavy atom. The summed E-state index contributed by atoms with van der Waals surface area (Å²) in [5, 5.41) is 0.919. The number of methoxy groups -OCH3 is 1. The molecule has 0 saturated carbocycles. The molecule has 0 amide bonds. The summed E-state index contributed by atoms with van der Waals surface area (Å²) >= 11 is 13.3. The van der Waals surface area contributed by atoms with E-state index in [2.05, 4.69) is 4.98 Å². The lowest BCUT2D eigenvalue weighted by molar-refractivity contribution is 0.218. The molecule has 0 N–H and O–H groups in total. The number of hydrogen-bond donors (Lipinski definition) is 0. The van der Waals surface area contributed by atoms with Crippen molar-refractivity contribution < 1.29 is 4.74 Å². The van der Waals surface area contributed by atoms with Gasteiger partial charge in [-0.15, -0.1) is 0 Å². The summed E-state index contributed by atoms with van der Waals surface area (Å²) in [6.45, 7) is 0.753. The molecular formula is C9H11Cl2NOS. The van der Waals surface area contributed by atoms with Crippen LogP contribution in [-0.2, 0) is 10.5 Å². The molecule has 1 heterocycles. The molecule has 5 heteroatoms. The van der Waals surface area contributed by atoms with Crippen molar-refractivity contribution in [3.05, 3.63) is 28.0 Å². The van der Waals surface area contributed by atoms with E-state index >= 15 is 0 Å². The van der Waals surface area contributed by atoms with Crippen molar-refractivity contribution in [1.82, 2.24) is 4.98 Å². The molecular weight excluding hydrogens is 241 g/mol. The average molecular weight is 252 g/mol. The Hall–Kier alpha value is 0.0400. The van der Waals surface area contributed by atoms with Crippen molar-refractivity contribution in [2.24, 2.45) is 0 Å². The highest BCUT2D eigenvalue weighted by Gasteiger charge is 2.02. The number of hydrogen-bond acceptors (Lipinski definition) is 3. The van der Waals surface area contributed by atoms with Gasteiger partial charge in [-0.25, -0.2) is 4.98 Å². The van der Waals surface area contributed by atoms with Gasteiger partial charge in [0.25, 0.3) is 0 Å². The van der Waals surface area contributed by atoms with Crippen LogP contribution in [0.5, 0.6) is 0 Å². The van der Waals surface area contributed by atoms with Gasteiger partial charge in [0.2, 0.25) is 0 Å². The van der Waals surface area contributed by atoms with Gasteiger partial charge in [-0.3, -0.25) is 0 Å². The number of halogens is 2. The largest absolute Gasteiger partial charge is 0.384 e. The molecule has 78 valence electrons. The fourth-order valence-electron chi connectivity index (χ4n) is 0.873. The van der Waals surface area contributed by atoms with E-state index < -0.39 is 0 Å². The van der Waals surface area contributed by atoms with E-state index in [1.54, 1.807) is 24.9 Å². The van der Waals surface area contributed by atoms with Crippen LogP contribution in [0.1, 0.15) is 5.56 Å². The minimum absolute atomic E-state index is 0.431. The zero-order chi connectivity index (χ0) is 10.4. The molecule has 0 fully saturated rings. The lowest BCUT2D eigenvalue weighted by atomic mass is 10.3. The van der Waals surface area contributed by atoms with Crippen molar-refractivity contribution in [2.45, 2.75) is 5.75 Å². The summed E-state index contributed by atoms with van der Waals surface area (Å²) in [6, 6.07) is 3.65. The van der Waals surface area contributed by atoms with Crippen LogP contribution in [0.4, 0.5) is 0 Å². The third-order valence-corrected chi connectivity index (χ3v) is 3.09. The third kappa shape index (κ3) is 4.05. The van der Waals surface area contributed by atoms with Crippen molar-refractivity contribution in [2.75, 3.05) is 19.5 Å². The molecule has 0 aliphatic heterocycles. The minimum Gasteiger partial charge on any atom is -0.384 e. The van der Waals surface area contributed by atoms with Crippen molar-refractivity contribution in [3.8, 4) is 0 Å². The lowest BCUT2D eigenvalue weighted by Gasteiger charge is -2.03. The number of pyridine rings is 1. The smallest absolute Gasteiger partial charge is 0.134 e. The standard InChI is InChI=1S/C9H11Cl2NOS/c1-13-4-5-14-6-7-2-3-8(10)12-9(7)11/h2-3H,4-6H2,1H3. The quantitative estimate of drug-likeness (QED) is 0.593. The second-order valence-corrected chi connectivity index (χ2v) is 4.48. The van der Waals surface area contributed by atoms with E-state index in [9.17, 15) is 0 Å². The molecule has 0 aliphatic carbocycles. The zero-order valence-electron chi connectivity index (χ0n) is 7.80. The van der Waals surface area contributed by atoms with Gasteiger partial charge >= 0.3 is 0 Å². The van der Waals surface area contributed by atoms with E-state index in [-0.39, 0.29) is 0 Å². The van der Waals surface area contributed by atoms with Crippen LogP contribution < -0.4 is 0 Å². The molecule has 0 unspecified atom stereocenters. The van der Waals surface area contributed by atoms with Crippen LogP contribution in [0.15, 0.2) is 12.1 Å². The van der Waals surface area contributed by atoms with Gasteiger partial charge in [0.15, 0.2) is 0 Å². The minimum atomic E-state index is 0.431. The Labute approximate surface area is 98.0 Å². The molecule has 0 radical (unpaired) electrons. The van der Waals surface area contributed by atoms with Gasteiger partial charge < -0.3 is 4.74 Å². The van der Waals surface area contributed by atoms with E-state index in [4.69, 9.17) is 27.9 Å². The van der Waals surface area contributed by atoms with Gasteiger partial charge in [-0.05, 0) is 11.6 Å². The first-order valence-electron chi connectivity index (χ1n) is 4.11. The zero-order valence-corrected chi connectivity index (χ0v) is 10.1. The van der Waals surface area contributed by atoms with Crippen LogP contribution >= 0.6 is 35.0 Å². The molecule has 0 saturated heterocycles. The van der Waals surface area contributed by atoms with Crippen LogP contribution in [0, 0.1) is 0 Å². The van der Waals surface area contributed by atoms with E-state index in [0.29, 0.717) is 10.3 Å². The monoisotopic (exact) mass is 251 g/mol. The number of aromatic nitrogens is 1. The Kier molecular flexibility index (Phi) is 5.63. The maximum absolute atomic E-state index is 5.90. The van der Waals surface area contributed by atoms with E-state index in [0.717, 1.165) is 23.7 Å². The highest BCUT2D eigenvalue weighted by molar-refractivity contribution is 7.98. The van der Waals surface area contributed by atoms with E-state index in [1.165, 1.54) is 0 Å². The van der Waals surface area contributed by atoms with Crippen molar-refractivity contribution in [3.63, 3.8) is 0 Å². The van der Waals surface area contributed by atoms with Gasteiger partial charge in [0.05, 0.1) is 6.61 Å². The Balaban J connectivity index is 2.42. The molecule has 2 nitrogen and oxygen atoms in total. The molecule has 0 bridgehead atoms.